The lowest BCUT2D eigenvalue weighted by atomic mass is 10.1. The van der Waals surface area contributed by atoms with E-state index in [4.69, 9.17) is 11.6 Å². The van der Waals surface area contributed by atoms with Crippen LogP contribution in [0.4, 0.5) is 33.2 Å². The molecule has 4 rings (SSSR count). The molecule has 11 heteroatoms. The molecule has 9 nitrogen and oxygen atoms in total. The van der Waals surface area contributed by atoms with E-state index in [-0.39, 0.29) is 10.7 Å². The van der Waals surface area contributed by atoms with Crippen molar-refractivity contribution in [3.05, 3.63) is 60.3 Å². The summed E-state index contributed by atoms with van der Waals surface area (Å²) in [5.41, 5.74) is 1.26. The molecule has 172 valence electrons. The summed E-state index contributed by atoms with van der Waals surface area (Å²) in [4.78, 5) is 22.5. The highest BCUT2D eigenvalue weighted by molar-refractivity contribution is 6.32. The fourth-order valence-electron chi connectivity index (χ4n) is 3.53. The lowest BCUT2D eigenvalue weighted by Gasteiger charge is -2.28. The monoisotopic (exact) mass is 470 g/mol. The maximum Gasteiger partial charge on any atom is 0.247 e. The molecule has 2 aromatic heterocycles. The number of amides is 1. The second-order valence-electron chi connectivity index (χ2n) is 7.77. The van der Waals surface area contributed by atoms with Crippen molar-refractivity contribution in [1.82, 2.24) is 24.6 Å². The average molecular weight is 471 g/mol. The Morgan fingerprint density at radius 2 is 2.03 bits per heavy atom. The van der Waals surface area contributed by atoms with Gasteiger partial charge < -0.3 is 20.9 Å². The molecule has 1 aromatic carbocycles. The standard InChI is InChI=1S/C22H24ClFN8O/c1-3-20(33)29-19-10-14(4-5-18(19)24)27-21-17(23)12-25-22(30-21)28-15-11-26-32(13-15)16-6-8-31(2)9-7-16/h3-5,10-13,16H,1,6-9H2,2H3,(H,29,33)(H2,25,27,28,30). The molecule has 0 saturated carbocycles. The number of nitrogens with zero attached hydrogens (tertiary/aromatic N) is 5. The van der Waals surface area contributed by atoms with Gasteiger partial charge in [-0.25, -0.2) is 9.37 Å². The van der Waals surface area contributed by atoms with Gasteiger partial charge in [0.05, 0.1) is 29.8 Å². The molecule has 0 spiro atoms. The minimum atomic E-state index is -0.575. The summed E-state index contributed by atoms with van der Waals surface area (Å²) in [6.45, 7) is 5.46. The van der Waals surface area contributed by atoms with E-state index < -0.39 is 11.7 Å². The van der Waals surface area contributed by atoms with Crippen LogP contribution in [0.25, 0.3) is 0 Å². The molecule has 1 aliphatic rings. The van der Waals surface area contributed by atoms with Crippen LogP contribution in [0.2, 0.25) is 5.02 Å². The Morgan fingerprint density at radius 1 is 1.24 bits per heavy atom. The second kappa shape index (κ2) is 9.97. The number of piperidine rings is 1. The van der Waals surface area contributed by atoms with Gasteiger partial charge >= 0.3 is 0 Å². The largest absolute Gasteiger partial charge is 0.339 e. The summed E-state index contributed by atoms with van der Waals surface area (Å²) in [6.07, 6.45) is 8.30. The number of carbonyl (C=O) groups excluding carboxylic acids is 1. The fourth-order valence-corrected chi connectivity index (χ4v) is 3.66. The van der Waals surface area contributed by atoms with Crippen molar-refractivity contribution in [2.24, 2.45) is 0 Å². The van der Waals surface area contributed by atoms with Crippen molar-refractivity contribution < 1.29 is 9.18 Å². The Bertz CT molecular complexity index is 1160. The van der Waals surface area contributed by atoms with E-state index in [0.29, 0.717) is 23.5 Å². The summed E-state index contributed by atoms with van der Waals surface area (Å²) in [5, 5.41) is 13.3. The van der Waals surface area contributed by atoms with E-state index in [2.05, 4.69) is 49.5 Å². The highest BCUT2D eigenvalue weighted by Gasteiger charge is 2.19. The van der Waals surface area contributed by atoms with Crippen molar-refractivity contribution in [3.8, 4) is 0 Å². The zero-order chi connectivity index (χ0) is 23.4. The first-order chi connectivity index (χ1) is 15.9. The summed E-state index contributed by atoms with van der Waals surface area (Å²) in [5.74, 6) is -0.441. The van der Waals surface area contributed by atoms with Gasteiger partial charge in [-0.05, 0) is 57.3 Å². The first kappa shape index (κ1) is 22.7. The van der Waals surface area contributed by atoms with Crippen molar-refractivity contribution >= 4 is 46.3 Å². The molecule has 1 amide bonds. The van der Waals surface area contributed by atoms with Crippen molar-refractivity contribution in [3.63, 3.8) is 0 Å². The molecule has 33 heavy (non-hydrogen) atoms. The molecule has 3 heterocycles. The number of benzene rings is 1. The molecule has 0 atom stereocenters. The number of hydrogen-bond donors (Lipinski definition) is 3. The first-order valence-corrected chi connectivity index (χ1v) is 10.8. The molecule has 1 fully saturated rings. The second-order valence-corrected chi connectivity index (χ2v) is 8.18. The fraction of sp³-hybridized carbons (Fsp3) is 0.273. The normalized spacial score (nSPS) is 14.6. The highest BCUT2D eigenvalue weighted by atomic mass is 35.5. The van der Waals surface area contributed by atoms with Crippen LogP contribution in [0, 0.1) is 5.82 Å². The smallest absolute Gasteiger partial charge is 0.247 e. The third kappa shape index (κ3) is 5.65. The number of carbonyl (C=O) groups is 1. The van der Waals surface area contributed by atoms with E-state index in [0.717, 1.165) is 37.7 Å². The number of rotatable bonds is 7. The number of hydrogen-bond acceptors (Lipinski definition) is 7. The van der Waals surface area contributed by atoms with Crippen molar-refractivity contribution in [2.45, 2.75) is 18.9 Å². The Kier molecular flexibility index (Phi) is 6.85. The third-order valence-corrected chi connectivity index (χ3v) is 5.61. The third-order valence-electron chi connectivity index (χ3n) is 5.34. The molecule has 1 saturated heterocycles. The average Bonchev–Trinajstić information content (AvgIpc) is 3.27. The summed E-state index contributed by atoms with van der Waals surface area (Å²) in [7, 11) is 2.12. The first-order valence-electron chi connectivity index (χ1n) is 10.4. The maximum absolute atomic E-state index is 14.0. The van der Waals surface area contributed by atoms with Gasteiger partial charge in [-0.1, -0.05) is 18.2 Å². The quantitative estimate of drug-likeness (QED) is 0.441. The van der Waals surface area contributed by atoms with Crippen LogP contribution < -0.4 is 16.0 Å². The summed E-state index contributed by atoms with van der Waals surface area (Å²) in [6, 6.07) is 4.55. The number of likely N-dealkylation sites (tertiary alicyclic amines) is 1. The van der Waals surface area contributed by atoms with E-state index in [1.807, 2.05) is 10.9 Å². The van der Waals surface area contributed by atoms with Crippen LogP contribution in [0.5, 0.6) is 0 Å². The van der Waals surface area contributed by atoms with Gasteiger partial charge in [0.15, 0.2) is 5.82 Å². The van der Waals surface area contributed by atoms with Crippen LogP contribution in [0.15, 0.2) is 49.4 Å². The number of nitrogens with one attached hydrogen (secondary N) is 3. The van der Waals surface area contributed by atoms with Gasteiger partial charge in [0.25, 0.3) is 0 Å². The van der Waals surface area contributed by atoms with Gasteiger partial charge in [0.2, 0.25) is 11.9 Å². The predicted molar refractivity (Wildman–Crippen MR) is 127 cm³/mol. The van der Waals surface area contributed by atoms with E-state index >= 15 is 0 Å². The minimum Gasteiger partial charge on any atom is -0.339 e. The van der Waals surface area contributed by atoms with Crippen molar-refractivity contribution in [2.75, 3.05) is 36.1 Å². The molecule has 3 N–H and O–H groups in total. The number of halogens is 2. The number of aromatic nitrogens is 4. The van der Waals surface area contributed by atoms with Gasteiger partial charge in [0.1, 0.15) is 10.8 Å². The lowest BCUT2D eigenvalue weighted by Crippen LogP contribution is -2.31. The molecule has 0 bridgehead atoms. The molecule has 1 aliphatic heterocycles. The Labute approximate surface area is 195 Å². The van der Waals surface area contributed by atoms with Crippen molar-refractivity contribution in [1.29, 1.82) is 0 Å². The zero-order valence-corrected chi connectivity index (χ0v) is 18.8. The SMILES string of the molecule is C=CC(=O)Nc1cc(Nc2nc(Nc3cnn(C4CCN(C)CC4)c3)ncc2Cl)ccc1F. The van der Waals surface area contributed by atoms with Gasteiger partial charge in [0, 0.05) is 11.9 Å². The minimum absolute atomic E-state index is 0.00903. The lowest BCUT2D eigenvalue weighted by molar-refractivity contribution is -0.111. The molecule has 0 unspecified atom stereocenters. The molecule has 3 aromatic rings. The molecular formula is C22H24ClFN8O. The van der Waals surface area contributed by atoms with Gasteiger partial charge in [-0.2, -0.15) is 10.1 Å². The van der Waals surface area contributed by atoms with Crippen LogP contribution in [-0.4, -0.2) is 50.7 Å². The van der Waals surface area contributed by atoms with Crippen LogP contribution in [-0.2, 0) is 4.79 Å². The Morgan fingerprint density at radius 3 is 2.79 bits per heavy atom. The van der Waals surface area contributed by atoms with Crippen LogP contribution >= 0.6 is 11.6 Å². The van der Waals surface area contributed by atoms with Crippen LogP contribution in [0.1, 0.15) is 18.9 Å². The zero-order valence-electron chi connectivity index (χ0n) is 18.1. The Balaban J connectivity index is 1.47. The summed E-state index contributed by atoms with van der Waals surface area (Å²) >= 11 is 6.25. The molecule has 0 aliphatic carbocycles. The highest BCUT2D eigenvalue weighted by Crippen LogP contribution is 2.28. The predicted octanol–water partition coefficient (Wildman–Crippen LogP) is 4.34. The van der Waals surface area contributed by atoms with Gasteiger partial charge in [-0.3, -0.25) is 9.48 Å². The number of anilines is 5. The van der Waals surface area contributed by atoms with E-state index in [9.17, 15) is 9.18 Å². The van der Waals surface area contributed by atoms with Gasteiger partial charge in [-0.15, -0.1) is 0 Å². The maximum atomic E-state index is 14.0. The Hall–Kier alpha value is -3.50. The van der Waals surface area contributed by atoms with E-state index in [1.54, 1.807) is 6.20 Å². The topological polar surface area (TPSA) is 100 Å². The summed E-state index contributed by atoms with van der Waals surface area (Å²) < 4.78 is 16.0. The van der Waals surface area contributed by atoms with Crippen LogP contribution in [0.3, 0.4) is 0 Å². The van der Waals surface area contributed by atoms with E-state index in [1.165, 1.54) is 24.4 Å². The molecular weight excluding hydrogens is 447 g/mol. The molecule has 0 radical (unpaired) electrons.